The molecular weight excluding hydrogens is 572 g/mol. The van der Waals surface area contributed by atoms with Gasteiger partial charge in [0.1, 0.15) is 17.2 Å². The zero-order valence-corrected chi connectivity index (χ0v) is 30.2. The third-order valence-electron chi connectivity index (χ3n) is 6.97. The molecule has 1 fully saturated rings. The van der Waals surface area contributed by atoms with Crippen LogP contribution in [0.5, 0.6) is 0 Å². The molecule has 252 valence electrons. The minimum Gasteiger partial charge on any atom is -0.444 e. The summed E-state index contributed by atoms with van der Waals surface area (Å²) < 4.78 is 5.29. The largest absolute Gasteiger partial charge is 0.444 e. The molecule has 7 heteroatoms. The van der Waals surface area contributed by atoms with Crippen LogP contribution in [-0.2, 0) is 9.53 Å². The lowest BCUT2D eigenvalue weighted by Crippen LogP contribution is -2.58. The van der Waals surface area contributed by atoms with E-state index in [1.165, 1.54) is 28.0 Å². The van der Waals surface area contributed by atoms with E-state index in [1.54, 1.807) is 13.1 Å². The van der Waals surface area contributed by atoms with Gasteiger partial charge in [0, 0.05) is 42.7 Å². The molecule has 0 saturated carbocycles. The van der Waals surface area contributed by atoms with Gasteiger partial charge in [0.2, 0.25) is 0 Å². The van der Waals surface area contributed by atoms with Crippen LogP contribution in [0.15, 0.2) is 94.8 Å². The highest BCUT2D eigenvalue weighted by atomic mass is 16.6. The molecule has 2 aliphatic heterocycles. The summed E-state index contributed by atoms with van der Waals surface area (Å²) in [6.45, 7) is 27.0. The highest BCUT2D eigenvalue weighted by molar-refractivity contribution is 6.11. The van der Waals surface area contributed by atoms with E-state index in [2.05, 4.69) is 123 Å². The predicted octanol–water partition coefficient (Wildman–Crippen LogP) is 9.20. The monoisotopic (exact) mass is 630 g/mol. The van der Waals surface area contributed by atoms with Gasteiger partial charge in [0.05, 0.1) is 6.04 Å². The number of hydrogen-bond donors (Lipinski definition) is 2. The highest BCUT2D eigenvalue weighted by Crippen LogP contribution is 2.24. The predicted molar refractivity (Wildman–Crippen MR) is 196 cm³/mol. The van der Waals surface area contributed by atoms with Crippen molar-refractivity contribution in [3.63, 3.8) is 0 Å². The maximum absolute atomic E-state index is 11.8. The van der Waals surface area contributed by atoms with Gasteiger partial charge in [-0.15, -0.1) is 0 Å². The quantitative estimate of drug-likeness (QED) is 0.266. The number of nitrogens with one attached hydrogen (secondary N) is 2. The molecular formula is C39H58N4O3. The van der Waals surface area contributed by atoms with Gasteiger partial charge in [0.25, 0.3) is 0 Å². The van der Waals surface area contributed by atoms with Crippen LogP contribution in [0.4, 0.5) is 4.79 Å². The second-order valence-corrected chi connectivity index (χ2v) is 12.7. The molecule has 2 aliphatic rings. The Balaban J connectivity index is 0.000000409. The molecule has 0 radical (unpaired) electrons. The van der Waals surface area contributed by atoms with Crippen molar-refractivity contribution in [1.29, 1.82) is 0 Å². The fourth-order valence-corrected chi connectivity index (χ4v) is 4.06. The van der Waals surface area contributed by atoms with Gasteiger partial charge >= 0.3 is 6.09 Å². The highest BCUT2D eigenvalue weighted by Gasteiger charge is 2.30. The lowest BCUT2D eigenvalue weighted by atomic mass is 10.1. The van der Waals surface area contributed by atoms with Crippen molar-refractivity contribution in [3.8, 4) is 0 Å². The van der Waals surface area contributed by atoms with E-state index in [0.717, 1.165) is 43.0 Å². The molecule has 0 atom stereocenters. The average Bonchev–Trinajstić information content (AvgIpc) is 3.39. The molecule has 0 aliphatic carbocycles. The average molecular weight is 631 g/mol. The fourth-order valence-electron chi connectivity index (χ4n) is 4.06. The number of ether oxygens (including phenoxy) is 1. The number of carbonyl (C=O) groups is 2. The topological polar surface area (TPSA) is 83.0 Å². The van der Waals surface area contributed by atoms with Crippen LogP contribution >= 0.6 is 0 Å². The van der Waals surface area contributed by atoms with Crippen molar-refractivity contribution in [3.05, 3.63) is 101 Å². The van der Waals surface area contributed by atoms with Crippen LogP contribution in [0.1, 0.15) is 99.6 Å². The summed E-state index contributed by atoms with van der Waals surface area (Å²) in [4.78, 5) is 28.2. The number of alkyl carbamates (subject to hydrolysis) is 1. The Kier molecular flexibility index (Phi) is 17.4. The van der Waals surface area contributed by atoms with E-state index >= 15 is 0 Å². The van der Waals surface area contributed by atoms with Gasteiger partial charge < -0.3 is 25.1 Å². The molecule has 1 amide bonds. The van der Waals surface area contributed by atoms with Gasteiger partial charge in [-0.2, -0.15) is 0 Å². The molecule has 1 aromatic carbocycles. The van der Waals surface area contributed by atoms with Gasteiger partial charge in [-0.05, 0) is 92.0 Å². The minimum absolute atomic E-state index is 0.152. The number of aryl methyl sites for hydroxylation is 1. The molecule has 46 heavy (non-hydrogen) atoms. The maximum Gasteiger partial charge on any atom is 0.407 e. The number of ketones is 1. The summed E-state index contributed by atoms with van der Waals surface area (Å²) in [6, 6.07) is 8.62. The third-order valence-corrected chi connectivity index (χ3v) is 6.97. The summed E-state index contributed by atoms with van der Waals surface area (Å²) in [5.41, 5.74) is 8.02. The smallest absolute Gasteiger partial charge is 0.407 e. The van der Waals surface area contributed by atoms with Crippen LogP contribution in [0.25, 0.3) is 5.70 Å². The summed E-state index contributed by atoms with van der Waals surface area (Å²) in [7, 11) is 0. The lowest BCUT2D eigenvalue weighted by Gasteiger charge is -2.42. The first-order chi connectivity index (χ1) is 21.6. The number of amidine groups is 1. The number of rotatable bonds is 9. The van der Waals surface area contributed by atoms with Crippen LogP contribution in [-0.4, -0.2) is 47.3 Å². The molecule has 2 N–H and O–H groups in total. The van der Waals surface area contributed by atoms with Crippen molar-refractivity contribution >= 4 is 23.4 Å². The number of allylic oxidation sites excluding steroid dienone is 6. The first-order valence-electron chi connectivity index (χ1n) is 16.3. The Hall–Kier alpha value is -4.13. The van der Waals surface area contributed by atoms with Crippen molar-refractivity contribution < 1.29 is 14.3 Å². The Morgan fingerprint density at radius 3 is 2.15 bits per heavy atom. The summed E-state index contributed by atoms with van der Waals surface area (Å²) in [5.74, 6) is 1.13. The number of benzene rings is 1. The van der Waals surface area contributed by atoms with Crippen LogP contribution in [0.3, 0.4) is 0 Å². The lowest BCUT2D eigenvalue weighted by molar-refractivity contribution is -0.116. The summed E-state index contributed by atoms with van der Waals surface area (Å²) in [5, 5.41) is 6.26. The Labute approximate surface area is 279 Å². The van der Waals surface area contributed by atoms with Crippen LogP contribution in [0.2, 0.25) is 0 Å². The summed E-state index contributed by atoms with van der Waals surface area (Å²) >= 11 is 0. The fraction of sp³-hybridized carbons (Fsp3) is 0.462. The molecule has 2 heterocycles. The molecule has 0 spiro atoms. The number of aliphatic imine (C=N–C) groups is 1. The van der Waals surface area contributed by atoms with Gasteiger partial charge in [-0.3, -0.25) is 0 Å². The normalized spacial score (nSPS) is 16.0. The number of carbonyl (C=O) groups excluding carboxylic acids is 2. The number of hydrogen-bond acceptors (Lipinski definition) is 5. The number of nitrogens with zero attached hydrogens (tertiary/aromatic N) is 2. The second-order valence-electron chi connectivity index (χ2n) is 12.7. The molecule has 1 saturated heterocycles. The van der Waals surface area contributed by atoms with Crippen LogP contribution in [0, 0.1) is 6.92 Å². The van der Waals surface area contributed by atoms with E-state index in [4.69, 9.17) is 4.74 Å². The molecule has 0 aromatic heterocycles. The maximum atomic E-state index is 11.8. The first-order valence-corrected chi connectivity index (χ1v) is 16.3. The molecule has 0 bridgehead atoms. The zero-order chi connectivity index (χ0) is 34.9. The molecule has 7 nitrogen and oxygen atoms in total. The van der Waals surface area contributed by atoms with Crippen molar-refractivity contribution in [1.82, 2.24) is 15.5 Å². The van der Waals surface area contributed by atoms with E-state index < -0.39 is 5.60 Å². The first kappa shape index (κ1) is 39.9. The second kappa shape index (κ2) is 20.1. The van der Waals surface area contributed by atoms with Gasteiger partial charge in [-0.25, -0.2) is 9.79 Å². The van der Waals surface area contributed by atoms with Crippen molar-refractivity contribution in [2.24, 2.45) is 4.99 Å². The van der Waals surface area contributed by atoms with E-state index in [-0.39, 0.29) is 17.9 Å². The summed E-state index contributed by atoms with van der Waals surface area (Å²) in [6.07, 6.45) is 14.7. The Morgan fingerprint density at radius 1 is 1.07 bits per heavy atom. The van der Waals surface area contributed by atoms with E-state index in [9.17, 15) is 9.59 Å². The van der Waals surface area contributed by atoms with Crippen molar-refractivity contribution in [2.45, 2.75) is 107 Å². The molecule has 0 unspecified atom stereocenters. The van der Waals surface area contributed by atoms with Crippen molar-refractivity contribution in [2.75, 3.05) is 13.1 Å². The van der Waals surface area contributed by atoms with Gasteiger partial charge in [0.15, 0.2) is 0 Å². The Bertz CT molecular complexity index is 1340. The SMILES string of the molecule is C=CN=C1NC(c2ccc(C)cc2)=CC1=C(C)C.CC/C=C/C=C(\C=C(/C)CC)N1CC(NC(=O)OC(C)(C)C)C1.CCC(C)=O. The van der Waals surface area contributed by atoms with Gasteiger partial charge in [-0.1, -0.05) is 80.5 Å². The van der Waals surface area contributed by atoms with Crippen LogP contribution < -0.4 is 10.6 Å². The third kappa shape index (κ3) is 15.2. The van der Waals surface area contributed by atoms with E-state index in [0.29, 0.717) is 6.42 Å². The Morgan fingerprint density at radius 2 is 1.67 bits per heavy atom. The standard InChI is InChI=1S/C19H32N2O2.C16H18N2.C4H8O/c1-7-9-10-11-17(12-15(3)8-2)21-13-16(14-21)20-18(22)23-19(4,5)6;1-5-17-16-14(11(2)3)10-15(18-16)13-8-6-12(4)7-9-13;1-3-4(2)5/h9-12,16H,7-8,13-14H2,1-6H3,(H,20,22);5-10H,1H2,2-4H3,(H,17,18);3H2,1-2H3/b10-9+,15-12+,17-11+;;. The number of likely N-dealkylation sites (tertiary alicyclic amines) is 1. The molecule has 1 aromatic rings. The zero-order valence-electron chi connectivity index (χ0n) is 30.2. The van der Waals surface area contributed by atoms with E-state index in [1.807, 2.05) is 27.7 Å². The minimum atomic E-state index is -0.454. The number of Topliss-reactive ketones (excluding diaryl/α,β-unsaturated/α-hetero) is 1. The molecule has 3 rings (SSSR count). The number of amides is 1.